The monoisotopic (exact) mass is 344 g/mol. The molecule has 0 radical (unpaired) electrons. The fourth-order valence-electron chi connectivity index (χ4n) is 0.552. The van der Waals surface area contributed by atoms with Crippen molar-refractivity contribution in [3.05, 3.63) is 0 Å². The number of carboxylic acid groups (broad SMARTS) is 4. The first-order valence-corrected chi connectivity index (χ1v) is 6.03. The van der Waals surface area contributed by atoms with Crippen LogP contribution in [0.4, 0.5) is 0 Å². The molecule has 0 heterocycles. The van der Waals surface area contributed by atoms with E-state index in [9.17, 15) is 0 Å². The van der Waals surface area contributed by atoms with Gasteiger partial charge >= 0.3 is 0 Å². The van der Waals surface area contributed by atoms with Crippen LogP contribution < -0.4 is 11.5 Å². The lowest BCUT2D eigenvalue weighted by Crippen LogP contribution is -2.49. The summed E-state index contributed by atoms with van der Waals surface area (Å²) >= 11 is 0. The van der Waals surface area contributed by atoms with Crippen LogP contribution in [-0.4, -0.2) is 61.9 Å². The average Bonchev–Trinajstić information content (AvgIpc) is 2.23. The first-order valence-electron chi connectivity index (χ1n) is 6.03. The Kier molecular flexibility index (Phi) is 31.3. The molecule has 2 unspecified atom stereocenters. The summed E-state index contributed by atoms with van der Waals surface area (Å²) in [7, 11) is 0. The van der Waals surface area contributed by atoms with Gasteiger partial charge in [-0.05, 0) is 12.8 Å². The van der Waals surface area contributed by atoms with Crippen LogP contribution in [0, 0.1) is 0 Å². The standard InChI is InChI=1S/C4H10N2.4C2H4O2.H2O/c5-3-1-2-4(3)6;4*1-2(3)4;/h3-4H,1-2,5-6H2;4*1H3,(H,3,4);1H2. The molecule has 10 N–H and O–H groups in total. The number of carbonyl (C=O) groups is 4. The molecule has 1 rings (SSSR count). The molecule has 2 atom stereocenters. The number of aliphatic carboxylic acids is 4. The van der Waals surface area contributed by atoms with E-state index < -0.39 is 23.9 Å². The van der Waals surface area contributed by atoms with Crippen molar-refractivity contribution < 1.29 is 45.1 Å². The third kappa shape index (κ3) is 136. The summed E-state index contributed by atoms with van der Waals surface area (Å²) in [6.45, 7) is 4.33. The highest BCUT2D eigenvalue weighted by molar-refractivity contribution is 5.63. The Bertz CT molecular complexity index is 262. The lowest BCUT2D eigenvalue weighted by atomic mass is 9.88. The van der Waals surface area contributed by atoms with E-state index in [4.69, 9.17) is 51.1 Å². The maximum atomic E-state index is 9.00. The largest absolute Gasteiger partial charge is 0.481 e. The summed E-state index contributed by atoms with van der Waals surface area (Å²) in [5, 5.41) is 29.7. The zero-order chi connectivity index (χ0) is 18.9. The third-order valence-corrected chi connectivity index (χ3v) is 1.38. The van der Waals surface area contributed by atoms with Gasteiger partial charge in [-0.1, -0.05) is 0 Å². The summed E-state index contributed by atoms with van der Waals surface area (Å²) in [5.74, 6) is -3.33. The molecule has 0 aromatic carbocycles. The van der Waals surface area contributed by atoms with Crippen molar-refractivity contribution >= 4 is 23.9 Å². The second-order valence-electron chi connectivity index (χ2n) is 3.98. The second kappa shape index (κ2) is 22.0. The molecule has 0 saturated heterocycles. The molecule has 1 aliphatic carbocycles. The van der Waals surface area contributed by atoms with Crippen LogP contribution in [0.15, 0.2) is 0 Å². The summed E-state index contributed by atoms with van der Waals surface area (Å²) < 4.78 is 0. The quantitative estimate of drug-likeness (QED) is 0.312. The highest BCUT2D eigenvalue weighted by Gasteiger charge is 2.22. The van der Waals surface area contributed by atoms with Gasteiger partial charge in [0.25, 0.3) is 23.9 Å². The van der Waals surface area contributed by atoms with Gasteiger partial charge in [-0.2, -0.15) is 0 Å². The van der Waals surface area contributed by atoms with E-state index >= 15 is 0 Å². The molecule has 11 nitrogen and oxygen atoms in total. The van der Waals surface area contributed by atoms with E-state index in [0.717, 1.165) is 40.5 Å². The second-order valence-corrected chi connectivity index (χ2v) is 3.98. The molecule has 0 aromatic rings. The summed E-state index contributed by atoms with van der Waals surface area (Å²) in [5.41, 5.74) is 10.8. The van der Waals surface area contributed by atoms with E-state index in [1.807, 2.05) is 0 Å². The molecule has 23 heavy (non-hydrogen) atoms. The van der Waals surface area contributed by atoms with E-state index in [1.165, 1.54) is 0 Å². The predicted molar refractivity (Wildman–Crippen MR) is 82.0 cm³/mol. The van der Waals surface area contributed by atoms with Gasteiger partial charge in [0.1, 0.15) is 0 Å². The lowest BCUT2D eigenvalue weighted by molar-refractivity contribution is -0.135. The molecular formula is C12H28N2O9. The molecule has 0 spiro atoms. The zero-order valence-corrected chi connectivity index (χ0v) is 13.6. The topological polar surface area (TPSA) is 233 Å². The predicted octanol–water partition coefficient (Wildman–Crippen LogP) is -1.03. The molecule has 1 saturated carbocycles. The first kappa shape index (κ1) is 32.6. The Balaban J connectivity index is -0.0000000591. The molecule has 1 fully saturated rings. The highest BCUT2D eigenvalue weighted by atomic mass is 16.4. The van der Waals surface area contributed by atoms with E-state index in [-0.39, 0.29) is 5.48 Å². The molecule has 0 amide bonds. The van der Waals surface area contributed by atoms with Crippen molar-refractivity contribution in [2.45, 2.75) is 52.6 Å². The van der Waals surface area contributed by atoms with Gasteiger partial charge in [0, 0.05) is 39.8 Å². The molecule has 1 aliphatic rings. The van der Waals surface area contributed by atoms with Gasteiger partial charge in [-0.25, -0.2) is 0 Å². The van der Waals surface area contributed by atoms with Crippen LogP contribution in [0.2, 0.25) is 0 Å². The SMILES string of the molecule is CC(=O)O.CC(=O)O.CC(=O)O.CC(=O)O.NC1CCC1N.O. The maximum Gasteiger partial charge on any atom is 0.300 e. The van der Waals surface area contributed by atoms with Crippen molar-refractivity contribution in [3.63, 3.8) is 0 Å². The van der Waals surface area contributed by atoms with Crippen molar-refractivity contribution in [1.82, 2.24) is 0 Å². The lowest BCUT2D eigenvalue weighted by Gasteiger charge is -2.29. The zero-order valence-electron chi connectivity index (χ0n) is 13.6. The summed E-state index contributed by atoms with van der Waals surface area (Å²) in [6, 6.07) is 0.620. The minimum absolute atomic E-state index is 0. The van der Waals surface area contributed by atoms with Crippen LogP contribution in [0.5, 0.6) is 0 Å². The fraction of sp³-hybridized carbons (Fsp3) is 0.667. The van der Waals surface area contributed by atoms with Crippen LogP contribution >= 0.6 is 0 Å². The maximum absolute atomic E-state index is 9.00. The van der Waals surface area contributed by atoms with Gasteiger partial charge in [0.2, 0.25) is 0 Å². The number of rotatable bonds is 0. The Morgan fingerprint density at radius 1 is 0.652 bits per heavy atom. The smallest absolute Gasteiger partial charge is 0.300 e. The van der Waals surface area contributed by atoms with Crippen molar-refractivity contribution in [1.29, 1.82) is 0 Å². The Morgan fingerprint density at radius 2 is 0.739 bits per heavy atom. The Morgan fingerprint density at radius 3 is 0.739 bits per heavy atom. The molecule has 0 bridgehead atoms. The molecule has 0 aliphatic heterocycles. The highest BCUT2D eigenvalue weighted by Crippen LogP contribution is 2.13. The number of carboxylic acids is 4. The first-order chi connectivity index (χ1) is 9.73. The van der Waals surface area contributed by atoms with Gasteiger partial charge < -0.3 is 37.4 Å². The van der Waals surface area contributed by atoms with Crippen LogP contribution in [0.1, 0.15) is 40.5 Å². The molecule has 140 valence electrons. The molecule has 0 aromatic heterocycles. The van der Waals surface area contributed by atoms with Crippen molar-refractivity contribution in [2.75, 3.05) is 0 Å². The van der Waals surface area contributed by atoms with E-state index in [0.29, 0.717) is 12.1 Å². The average molecular weight is 344 g/mol. The van der Waals surface area contributed by atoms with Gasteiger partial charge in [0.05, 0.1) is 0 Å². The number of hydrogen-bond acceptors (Lipinski definition) is 6. The molecular weight excluding hydrogens is 316 g/mol. The Hall–Kier alpha value is -2.24. The minimum atomic E-state index is -0.833. The van der Waals surface area contributed by atoms with Crippen LogP contribution in [0.25, 0.3) is 0 Å². The summed E-state index contributed by atoms with van der Waals surface area (Å²) in [4.78, 5) is 36.0. The van der Waals surface area contributed by atoms with Gasteiger partial charge in [-0.15, -0.1) is 0 Å². The van der Waals surface area contributed by atoms with Gasteiger partial charge in [-0.3, -0.25) is 19.2 Å². The number of nitrogens with two attached hydrogens (primary N) is 2. The van der Waals surface area contributed by atoms with Crippen molar-refractivity contribution in [2.24, 2.45) is 11.5 Å². The normalized spacial score (nSPS) is 16.1. The van der Waals surface area contributed by atoms with E-state index in [1.54, 1.807) is 0 Å². The molecule has 11 heteroatoms. The fourth-order valence-corrected chi connectivity index (χ4v) is 0.552. The summed E-state index contributed by atoms with van der Waals surface area (Å²) in [6.07, 6.45) is 2.25. The number of hydrogen-bond donors (Lipinski definition) is 6. The third-order valence-electron chi connectivity index (χ3n) is 1.38. The van der Waals surface area contributed by atoms with Gasteiger partial charge in [0.15, 0.2) is 0 Å². The van der Waals surface area contributed by atoms with Crippen LogP contribution in [0.3, 0.4) is 0 Å². The van der Waals surface area contributed by atoms with Crippen LogP contribution in [-0.2, 0) is 19.2 Å². The van der Waals surface area contributed by atoms with Crippen molar-refractivity contribution in [3.8, 4) is 0 Å². The minimum Gasteiger partial charge on any atom is -0.481 e. The van der Waals surface area contributed by atoms with E-state index in [2.05, 4.69) is 0 Å². The Labute approximate surface area is 134 Å².